The van der Waals surface area contributed by atoms with Crippen molar-refractivity contribution >= 4 is 40.6 Å². The van der Waals surface area contributed by atoms with Crippen LogP contribution in [0.1, 0.15) is 16.5 Å². The van der Waals surface area contributed by atoms with E-state index >= 15 is 0 Å². The van der Waals surface area contributed by atoms with Gasteiger partial charge in [-0.1, -0.05) is 42.5 Å². The fourth-order valence-electron chi connectivity index (χ4n) is 3.63. The Morgan fingerprint density at radius 3 is 2.39 bits per heavy atom. The molecule has 1 aliphatic rings. The quantitative estimate of drug-likeness (QED) is 0.528. The number of hydrogen-bond acceptors (Lipinski definition) is 5. The minimum Gasteiger partial charge on any atom is -0.378 e. The van der Waals surface area contributed by atoms with Crippen molar-refractivity contribution in [3.8, 4) is 0 Å². The van der Waals surface area contributed by atoms with Gasteiger partial charge in [-0.05, 0) is 47.5 Å². The van der Waals surface area contributed by atoms with Crippen LogP contribution < -0.4 is 15.1 Å². The first kappa shape index (κ1) is 22.9. The first-order valence-electron chi connectivity index (χ1n) is 10.7. The van der Waals surface area contributed by atoms with E-state index in [-0.39, 0.29) is 23.8 Å². The molecule has 6 nitrogen and oxygen atoms in total. The average Bonchev–Trinajstić information content (AvgIpc) is 3.21. The van der Waals surface area contributed by atoms with E-state index in [0.29, 0.717) is 18.0 Å². The van der Waals surface area contributed by atoms with Gasteiger partial charge in [-0.25, -0.2) is 0 Å². The maximum Gasteiger partial charge on any atom is 0.250 e. The molecule has 3 aromatic rings. The average molecular weight is 462 g/mol. The van der Waals surface area contributed by atoms with Gasteiger partial charge in [-0.15, -0.1) is 11.8 Å². The normalized spacial score (nSPS) is 15.5. The monoisotopic (exact) mass is 461 g/mol. The Morgan fingerprint density at radius 1 is 1.03 bits per heavy atom. The van der Waals surface area contributed by atoms with Crippen molar-refractivity contribution < 1.29 is 14.3 Å². The number of carbonyl (C=O) groups is 2. The van der Waals surface area contributed by atoms with Crippen LogP contribution in [0, 0.1) is 0 Å². The Morgan fingerprint density at radius 2 is 1.73 bits per heavy atom. The molecule has 3 aromatic carbocycles. The second kappa shape index (κ2) is 10.6. The number of ether oxygens (including phenoxy) is 1. The van der Waals surface area contributed by atoms with Crippen molar-refractivity contribution in [2.45, 2.75) is 12.0 Å². The topological polar surface area (TPSA) is 61.9 Å². The third-order valence-electron chi connectivity index (χ3n) is 5.34. The lowest BCUT2D eigenvalue weighted by Crippen LogP contribution is -2.27. The highest BCUT2D eigenvalue weighted by Crippen LogP contribution is 2.42. The Balaban J connectivity index is 1.36. The molecule has 170 valence electrons. The molecule has 1 atom stereocenters. The van der Waals surface area contributed by atoms with Crippen molar-refractivity contribution in [2.75, 3.05) is 41.6 Å². The summed E-state index contributed by atoms with van der Waals surface area (Å²) in [4.78, 5) is 28.7. The molecule has 0 radical (unpaired) electrons. The molecular formula is C26H27N3O3S. The van der Waals surface area contributed by atoms with E-state index in [1.165, 1.54) is 0 Å². The molecule has 2 amide bonds. The Bertz CT molecular complexity index is 1090. The van der Waals surface area contributed by atoms with E-state index in [1.54, 1.807) is 11.8 Å². The first-order chi connectivity index (χ1) is 16.0. The highest BCUT2D eigenvalue weighted by Gasteiger charge is 2.34. The van der Waals surface area contributed by atoms with Gasteiger partial charge in [0.25, 0.3) is 0 Å². The highest BCUT2D eigenvalue weighted by molar-refractivity contribution is 8.00. The fourth-order valence-corrected chi connectivity index (χ4v) is 4.80. The van der Waals surface area contributed by atoms with Crippen LogP contribution in [0.5, 0.6) is 0 Å². The molecule has 1 aliphatic heterocycles. The van der Waals surface area contributed by atoms with Crippen molar-refractivity contribution in [1.82, 2.24) is 0 Å². The van der Waals surface area contributed by atoms with Gasteiger partial charge < -0.3 is 15.0 Å². The number of hydrogen-bond donors (Lipinski definition) is 1. The number of nitrogens with zero attached hydrogens (tertiary/aromatic N) is 2. The Hall–Kier alpha value is -3.29. The Labute approximate surface area is 198 Å². The summed E-state index contributed by atoms with van der Waals surface area (Å²) in [5.41, 5.74) is 4.71. The van der Waals surface area contributed by atoms with Crippen LogP contribution in [0.3, 0.4) is 0 Å². The zero-order valence-electron chi connectivity index (χ0n) is 18.7. The van der Waals surface area contributed by atoms with Crippen molar-refractivity contribution in [3.63, 3.8) is 0 Å². The molecule has 1 saturated heterocycles. The minimum atomic E-state index is -0.202. The summed E-state index contributed by atoms with van der Waals surface area (Å²) in [7, 11) is 3.98. The van der Waals surface area contributed by atoms with Gasteiger partial charge in [-0.2, -0.15) is 0 Å². The van der Waals surface area contributed by atoms with E-state index < -0.39 is 0 Å². The number of benzene rings is 3. The number of amides is 2. The third-order valence-corrected chi connectivity index (χ3v) is 6.55. The molecule has 33 heavy (non-hydrogen) atoms. The summed E-state index contributed by atoms with van der Waals surface area (Å²) in [5, 5.41) is 2.76. The second-order valence-electron chi connectivity index (χ2n) is 7.99. The maximum absolute atomic E-state index is 12.6. The van der Waals surface area contributed by atoms with Crippen LogP contribution in [0.15, 0.2) is 78.9 Å². The SMILES string of the molecule is CN(C)c1ccc(N2C(=O)CS[C@H]2c2ccc(NC(=O)COCc3ccccc3)cc2)cc1. The zero-order chi connectivity index (χ0) is 23.2. The third kappa shape index (κ3) is 5.74. The number of nitrogens with one attached hydrogen (secondary N) is 1. The van der Waals surface area contributed by atoms with Crippen LogP contribution >= 0.6 is 11.8 Å². The molecule has 0 aliphatic carbocycles. The molecule has 0 saturated carbocycles. The first-order valence-corrected chi connectivity index (χ1v) is 11.8. The highest BCUT2D eigenvalue weighted by atomic mass is 32.2. The zero-order valence-corrected chi connectivity index (χ0v) is 19.5. The summed E-state index contributed by atoms with van der Waals surface area (Å²) >= 11 is 1.60. The summed E-state index contributed by atoms with van der Waals surface area (Å²) in [6.07, 6.45) is 0. The molecule has 4 rings (SSSR count). The summed E-state index contributed by atoms with van der Waals surface area (Å²) in [6, 6.07) is 25.4. The molecule has 1 N–H and O–H groups in total. The molecule has 0 aromatic heterocycles. The van der Waals surface area contributed by atoms with Crippen LogP contribution in [0.2, 0.25) is 0 Å². The fraction of sp³-hybridized carbons (Fsp3) is 0.231. The van der Waals surface area contributed by atoms with Gasteiger partial charge in [0.15, 0.2) is 0 Å². The molecule has 0 spiro atoms. The van der Waals surface area contributed by atoms with Crippen molar-refractivity contribution in [3.05, 3.63) is 90.0 Å². The van der Waals surface area contributed by atoms with Gasteiger partial charge in [-0.3, -0.25) is 14.5 Å². The number of rotatable bonds is 8. The number of carbonyl (C=O) groups excluding carboxylic acids is 2. The molecule has 7 heteroatoms. The van der Waals surface area contributed by atoms with E-state index in [0.717, 1.165) is 22.5 Å². The molecule has 1 heterocycles. The van der Waals surface area contributed by atoms with Crippen LogP contribution in [0.4, 0.5) is 17.1 Å². The van der Waals surface area contributed by atoms with Crippen LogP contribution in [0.25, 0.3) is 0 Å². The standard InChI is InChI=1S/C26H27N3O3S/c1-28(2)22-12-14-23(15-13-22)29-25(31)18-33-26(29)20-8-10-21(11-9-20)27-24(30)17-32-16-19-6-4-3-5-7-19/h3-15,26H,16-18H2,1-2H3,(H,27,30)/t26-/m0/s1. The number of anilines is 3. The van der Waals surface area contributed by atoms with Gasteiger partial charge in [0.2, 0.25) is 11.8 Å². The lowest BCUT2D eigenvalue weighted by atomic mass is 10.1. The van der Waals surface area contributed by atoms with Crippen molar-refractivity contribution in [1.29, 1.82) is 0 Å². The van der Waals surface area contributed by atoms with Crippen LogP contribution in [-0.2, 0) is 20.9 Å². The van der Waals surface area contributed by atoms with E-state index in [2.05, 4.69) is 5.32 Å². The second-order valence-corrected chi connectivity index (χ2v) is 9.06. The predicted octanol–water partition coefficient (Wildman–Crippen LogP) is 4.69. The molecule has 1 fully saturated rings. The van der Waals surface area contributed by atoms with E-state index in [9.17, 15) is 9.59 Å². The van der Waals surface area contributed by atoms with E-state index in [4.69, 9.17) is 4.74 Å². The maximum atomic E-state index is 12.6. The molecule has 0 unspecified atom stereocenters. The summed E-state index contributed by atoms with van der Waals surface area (Å²) in [6.45, 7) is 0.381. The van der Waals surface area contributed by atoms with E-state index in [1.807, 2.05) is 103 Å². The van der Waals surface area contributed by atoms with Crippen LogP contribution in [-0.4, -0.2) is 38.3 Å². The Kier molecular flexibility index (Phi) is 7.32. The number of thioether (sulfide) groups is 1. The van der Waals surface area contributed by atoms with Gasteiger partial charge >= 0.3 is 0 Å². The molecular weight excluding hydrogens is 434 g/mol. The summed E-state index contributed by atoms with van der Waals surface area (Å²) < 4.78 is 5.49. The minimum absolute atomic E-state index is 0.0135. The lowest BCUT2D eigenvalue weighted by Gasteiger charge is -2.25. The smallest absolute Gasteiger partial charge is 0.250 e. The van der Waals surface area contributed by atoms with Gasteiger partial charge in [0.05, 0.1) is 12.4 Å². The van der Waals surface area contributed by atoms with Gasteiger partial charge in [0.1, 0.15) is 12.0 Å². The molecule has 0 bridgehead atoms. The predicted molar refractivity (Wildman–Crippen MR) is 135 cm³/mol. The van der Waals surface area contributed by atoms with Gasteiger partial charge in [0, 0.05) is 31.2 Å². The lowest BCUT2D eigenvalue weighted by molar-refractivity contribution is -0.121. The van der Waals surface area contributed by atoms with Crippen molar-refractivity contribution in [2.24, 2.45) is 0 Å². The summed E-state index contributed by atoms with van der Waals surface area (Å²) in [5.74, 6) is 0.333. The largest absolute Gasteiger partial charge is 0.378 e.